The molecular weight excluding hydrogens is 564 g/mol. The average molecular weight is 603 g/mol. The lowest BCUT2D eigenvalue weighted by Gasteiger charge is -2.40. The Bertz CT molecular complexity index is 1320. The highest BCUT2D eigenvalue weighted by atomic mass is 35.5. The SMILES string of the molecule is CS(=O)(=O)Nc1ccc(Oc2ccc(CN3CCC(N4C=CN(C(=O)C5CCCCC5)CC4=O)CC3)cc2)cc1.Cl. The molecule has 2 fully saturated rings. The monoisotopic (exact) mass is 602 g/mol. The Labute approximate surface area is 249 Å². The molecule has 0 atom stereocenters. The number of nitrogens with one attached hydrogen (secondary N) is 1. The fourth-order valence-corrected chi connectivity index (χ4v) is 6.36. The summed E-state index contributed by atoms with van der Waals surface area (Å²) < 4.78 is 31.0. The molecule has 0 bridgehead atoms. The van der Waals surface area contributed by atoms with Crippen molar-refractivity contribution in [3.63, 3.8) is 0 Å². The third kappa shape index (κ3) is 8.47. The summed E-state index contributed by atoms with van der Waals surface area (Å²) in [5.41, 5.74) is 1.67. The van der Waals surface area contributed by atoms with Gasteiger partial charge < -0.3 is 14.5 Å². The van der Waals surface area contributed by atoms with Crippen molar-refractivity contribution in [3.05, 3.63) is 66.5 Å². The molecule has 1 aliphatic carbocycles. The first-order valence-corrected chi connectivity index (χ1v) is 16.0. The number of hydrogen-bond acceptors (Lipinski definition) is 6. The Morgan fingerprint density at radius 1 is 0.902 bits per heavy atom. The van der Waals surface area contributed by atoms with Crippen LogP contribution in [0.15, 0.2) is 60.9 Å². The highest BCUT2D eigenvalue weighted by molar-refractivity contribution is 7.92. The second kappa shape index (κ2) is 13.7. The summed E-state index contributed by atoms with van der Waals surface area (Å²) in [6, 6.07) is 14.9. The number of carbonyl (C=O) groups excluding carboxylic acids is 2. The van der Waals surface area contributed by atoms with Crippen molar-refractivity contribution in [1.29, 1.82) is 0 Å². The number of benzene rings is 2. The first kappa shape index (κ1) is 30.9. The number of anilines is 1. The van der Waals surface area contributed by atoms with Gasteiger partial charge in [-0.1, -0.05) is 31.4 Å². The zero-order valence-corrected chi connectivity index (χ0v) is 25.0. The van der Waals surface area contributed by atoms with E-state index in [0.29, 0.717) is 17.2 Å². The standard InChI is InChI=1S/C30H38N4O5S.ClH/c1-40(37,38)31-25-9-13-28(14-10-25)39-27-11-7-23(8-12-27)21-32-17-15-26(16-18-32)34-20-19-33(22-29(34)35)30(36)24-5-3-2-4-6-24;/h7-14,19-20,24,26,31H,2-6,15-18,21-22H2,1H3;1H. The maximum Gasteiger partial charge on any atom is 0.246 e. The van der Waals surface area contributed by atoms with Crippen LogP contribution in [0, 0.1) is 5.92 Å². The van der Waals surface area contributed by atoms with Gasteiger partial charge in [-0.3, -0.25) is 19.2 Å². The molecule has 0 radical (unpaired) electrons. The lowest BCUT2D eigenvalue weighted by atomic mass is 9.88. The molecule has 2 aromatic carbocycles. The van der Waals surface area contributed by atoms with E-state index < -0.39 is 10.0 Å². The fourth-order valence-electron chi connectivity index (χ4n) is 5.79. The lowest BCUT2D eigenvalue weighted by molar-refractivity contribution is -0.142. The predicted octanol–water partition coefficient (Wildman–Crippen LogP) is 4.96. The van der Waals surface area contributed by atoms with E-state index in [1.807, 2.05) is 29.4 Å². The first-order valence-electron chi connectivity index (χ1n) is 14.1. The molecule has 3 aliphatic rings. The van der Waals surface area contributed by atoms with E-state index in [2.05, 4.69) is 21.8 Å². The molecule has 41 heavy (non-hydrogen) atoms. The molecule has 0 aromatic heterocycles. The molecule has 222 valence electrons. The van der Waals surface area contributed by atoms with E-state index in [-0.39, 0.29) is 42.7 Å². The fraction of sp³-hybridized carbons (Fsp3) is 0.467. The zero-order valence-electron chi connectivity index (χ0n) is 23.4. The predicted molar refractivity (Wildman–Crippen MR) is 161 cm³/mol. The van der Waals surface area contributed by atoms with Crippen LogP contribution in [0.1, 0.15) is 50.5 Å². The van der Waals surface area contributed by atoms with Crippen LogP contribution in [0.2, 0.25) is 0 Å². The molecule has 1 N–H and O–H groups in total. The molecule has 11 heteroatoms. The molecule has 5 rings (SSSR count). The molecule has 2 heterocycles. The number of amides is 2. The summed E-state index contributed by atoms with van der Waals surface area (Å²) in [6.07, 6.45) is 11.8. The maximum absolute atomic E-state index is 12.9. The van der Waals surface area contributed by atoms with Crippen LogP contribution in [0.5, 0.6) is 11.5 Å². The van der Waals surface area contributed by atoms with Crippen molar-refractivity contribution < 1.29 is 22.7 Å². The Morgan fingerprint density at radius 2 is 1.51 bits per heavy atom. The normalized spacial score (nSPS) is 19.1. The molecule has 2 amide bonds. The summed E-state index contributed by atoms with van der Waals surface area (Å²) in [7, 11) is -3.31. The number of piperidine rings is 1. The average Bonchev–Trinajstić information content (AvgIpc) is 2.95. The van der Waals surface area contributed by atoms with Crippen LogP contribution >= 0.6 is 12.4 Å². The van der Waals surface area contributed by atoms with E-state index in [9.17, 15) is 18.0 Å². The van der Waals surface area contributed by atoms with Crippen LogP contribution in [0.4, 0.5) is 5.69 Å². The number of hydrogen-bond donors (Lipinski definition) is 1. The Balaban J connectivity index is 0.00000387. The van der Waals surface area contributed by atoms with Crippen LogP contribution in [0.25, 0.3) is 0 Å². The minimum atomic E-state index is -3.31. The summed E-state index contributed by atoms with van der Waals surface area (Å²) in [4.78, 5) is 31.6. The number of ether oxygens (including phenoxy) is 1. The lowest BCUT2D eigenvalue weighted by Crippen LogP contribution is -2.51. The summed E-state index contributed by atoms with van der Waals surface area (Å²) in [5, 5.41) is 0. The largest absolute Gasteiger partial charge is 0.457 e. The molecular formula is C30H39ClN4O5S. The second-order valence-electron chi connectivity index (χ2n) is 11.1. The molecule has 9 nitrogen and oxygen atoms in total. The molecule has 2 aromatic rings. The van der Waals surface area contributed by atoms with E-state index in [4.69, 9.17) is 4.74 Å². The van der Waals surface area contributed by atoms with Crippen molar-refractivity contribution in [2.75, 3.05) is 30.6 Å². The third-order valence-electron chi connectivity index (χ3n) is 7.91. The highest BCUT2D eigenvalue weighted by Gasteiger charge is 2.33. The number of nitrogens with zero attached hydrogens (tertiary/aromatic N) is 3. The smallest absolute Gasteiger partial charge is 0.246 e. The van der Waals surface area contributed by atoms with Crippen molar-refractivity contribution in [2.24, 2.45) is 5.92 Å². The van der Waals surface area contributed by atoms with E-state index in [0.717, 1.165) is 64.4 Å². The minimum Gasteiger partial charge on any atom is -0.457 e. The maximum atomic E-state index is 12.9. The summed E-state index contributed by atoms with van der Waals surface area (Å²) in [5.74, 6) is 1.52. The Morgan fingerprint density at radius 3 is 2.10 bits per heavy atom. The van der Waals surface area contributed by atoms with Gasteiger partial charge in [0.15, 0.2) is 0 Å². The molecule has 2 aliphatic heterocycles. The van der Waals surface area contributed by atoms with Crippen LogP contribution < -0.4 is 9.46 Å². The molecule has 1 saturated heterocycles. The van der Waals surface area contributed by atoms with Crippen LogP contribution in [-0.4, -0.2) is 66.9 Å². The van der Waals surface area contributed by atoms with Crippen LogP contribution in [0.3, 0.4) is 0 Å². The molecule has 0 unspecified atom stereocenters. The molecule has 1 saturated carbocycles. The van der Waals surface area contributed by atoms with Gasteiger partial charge in [0, 0.05) is 49.7 Å². The number of sulfonamides is 1. The second-order valence-corrected chi connectivity index (χ2v) is 12.8. The van der Waals surface area contributed by atoms with Gasteiger partial charge in [0.25, 0.3) is 0 Å². The van der Waals surface area contributed by atoms with Crippen molar-refractivity contribution in [3.8, 4) is 11.5 Å². The van der Waals surface area contributed by atoms with E-state index in [1.54, 1.807) is 29.2 Å². The minimum absolute atomic E-state index is 0. The first-order chi connectivity index (χ1) is 19.2. The highest BCUT2D eigenvalue weighted by Crippen LogP contribution is 2.28. The quantitative estimate of drug-likeness (QED) is 0.459. The van der Waals surface area contributed by atoms with Gasteiger partial charge in [0.1, 0.15) is 18.0 Å². The topological polar surface area (TPSA) is 99.3 Å². The number of carbonyl (C=O) groups is 2. The molecule has 0 spiro atoms. The summed E-state index contributed by atoms with van der Waals surface area (Å²) >= 11 is 0. The van der Waals surface area contributed by atoms with Crippen molar-refractivity contribution >= 4 is 39.9 Å². The number of halogens is 1. The summed E-state index contributed by atoms with van der Waals surface area (Å²) in [6.45, 7) is 2.78. The Hall–Kier alpha value is -3.08. The van der Waals surface area contributed by atoms with Crippen molar-refractivity contribution in [1.82, 2.24) is 14.7 Å². The van der Waals surface area contributed by atoms with Crippen molar-refractivity contribution in [2.45, 2.75) is 57.5 Å². The van der Waals surface area contributed by atoms with Gasteiger partial charge >= 0.3 is 0 Å². The Kier molecular flexibility index (Phi) is 10.3. The van der Waals surface area contributed by atoms with Gasteiger partial charge in [0.05, 0.1) is 6.26 Å². The number of rotatable bonds is 8. The third-order valence-corrected chi connectivity index (χ3v) is 8.52. The van der Waals surface area contributed by atoms with E-state index >= 15 is 0 Å². The van der Waals surface area contributed by atoms with Gasteiger partial charge in [-0.25, -0.2) is 8.42 Å². The van der Waals surface area contributed by atoms with Crippen LogP contribution in [-0.2, 0) is 26.2 Å². The van der Waals surface area contributed by atoms with Gasteiger partial charge in [-0.15, -0.1) is 12.4 Å². The zero-order chi connectivity index (χ0) is 28.1. The van der Waals surface area contributed by atoms with Gasteiger partial charge in [-0.05, 0) is 67.6 Å². The van der Waals surface area contributed by atoms with E-state index in [1.165, 1.54) is 12.0 Å². The van der Waals surface area contributed by atoms with Gasteiger partial charge in [0.2, 0.25) is 21.8 Å². The number of likely N-dealkylation sites (tertiary alicyclic amines) is 1. The van der Waals surface area contributed by atoms with Gasteiger partial charge in [-0.2, -0.15) is 0 Å².